The first-order valence-electron chi connectivity index (χ1n) is 7.38. The molecule has 0 saturated carbocycles. The van der Waals surface area contributed by atoms with E-state index in [1.54, 1.807) is 10.8 Å². The van der Waals surface area contributed by atoms with Crippen LogP contribution >= 0.6 is 0 Å². The Morgan fingerprint density at radius 2 is 1.86 bits per heavy atom. The van der Waals surface area contributed by atoms with Crippen LogP contribution in [-0.2, 0) is 4.74 Å². The molecule has 0 unspecified atom stereocenters. The Balaban J connectivity index is 1.54. The molecule has 112 valence electrons. The Bertz CT molecular complexity index is 762. The van der Waals surface area contributed by atoms with E-state index in [4.69, 9.17) is 4.74 Å². The fourth-order valence-electron chi connectivity index (χ4n) is 2.68. The topological polar surface area (TPSA) is 54.7 Å². The van der Waals surface area contributed by atoms with Crippen LogP contribution < -0.4 is 10.2 Å². The molecule has 0 radical (unpaired) electrons. The molecule has 1 N–H and O–H groups in total. The lowest BCUT2D eigenvalue weighted by Crippen LogP contribution is -2.36. The van der Waals surface area contributed by atoms with Crippen molar-refractivity contribution in [2.45, 2.75) is 0 Å². The van der Waals surface area contributed by atoms with Crippen LogP contribution in [0.3, 0.4) is 0 Å². The Morgan fingerprint density at radius 3 is 2.68 bits per heavy atom. The van der Waals surface area contributed by atoms with Gasteiger partial charge in [0.15, 0.2) is 5.65 Å². The quantitative estimate of drug-likeness (QED) is 0.803. The van der Waals surface area contributed by atoms with E-state index in [0.29, 0.717) is 0 Å². The second kappa shape index (κ2) is 5.65. The first-order chi connectivity index (χ1) is 10.9. The van der Waals surface area contributed by atoms with Gasteiger partial charge in [-0.15, -0.1) is 0 Å². The summed E-state index contributed by atoms with van der Waals surface area (Å²) in [6.45, 7) is 3.50. The standard InChI is InChI=1S/C16H17N5O/c1-2-15(16-17-12-18-21(16)7-1)19-13-3-5-14(6-4-13)20-8-10-22-11-9-20/h1-7,12,19H,8-11H2. The van der Waals surface area contributed by atoms with Crippen LogP contribution in [0, 0.1) is 0 Å². The monoisotopic (exact) mass is 295 g/mol. The van der Waals surface area contributed by atoms with Crippen LogP contribution in [0.1, 0.15) is 0 Å². The molecule has 0 spiro atoms. The molecule has 0 bridgehead atoms. The van der Waals surface area contributed by atoms with E-state index >= 15 is 0 Å². The summed E-state index contributed by atoms with van der Waals surface area (Å²) in [5, 5.41) is 7.54. The number of nitrogens with one attached hydrogen (secondary N) is 1. The maximum atomic E-state index is 5.39. The van der Waals surface area contributed by atoms with Crippen LogP contribution in [0.5, 0.6) is 0 Å². The third-order valence-electron chi connectivity index (χ3n) is 3.83. The number of nitrogens with zero attached hydrogens (tertiary/aromatic N) is 4. The highest BCUT2D eigenvalue weighted by atomic mass is 16.5. The van der Waals surface area contributed by atoms with Crippen molar-refractivity contribution in [3.63, 3.8) is 0 Å². The lowest BCUT2D eigenvalue weighted by molar-refractivity contribution is 0.122. The van der Waals surface area contributed by atoms with Gasteiger partial charge in [0.1, 0.15) is 6.33 Å². The summed E-state index contributed by atoms with van der Waals surface area (Å²) in [6, 6.07) is 12.4. The molecule has 3 heterocycles. The van der Waals surface area contributed by atoms with Crippen molar-refractivity contribution in [2.75, 3.05) is 36.5 Å². The molecule has 1 aliphatic rings. The molecule has 6 heteroatoms. The van der Waals surface area contributed by atoms with Crippen LogP contribution in [0.25, 0.3) is 5.65 Å². The van der Waals surface area contributed by atoms with E-state index in [1.807, 2.05) is 18.3 Å². The number of ether oxygens (including phenoxy) is 1. The summed E-state index contributed by atoms with van der Waals surface area (Å²) in [4.78, 5) is 6.61. The van der Waals surface area contributed by atoms with Crippen molar-refractivity contribution < 1.29 is 4.74 Å². The summed E-state index contributed by atoms with van der Waals surface area (Å²) in [5.41, 5.74) is 4.03. The normalized spacial score (nSPS) is 15.2. The van der Waals surface area contributed by atoms with Gasteiger partial charge in [-0.05, 0) is 36.4 Å². The lowest BCUT2D eigenvalue weighted by Gasteiger charge is -2.28. The van der Waals surface area contributed by atoms with Gasteiger partial charge in [0.2, 0.25) is 0 Å². The third-order valence-corrected chi connectivity index (χ3v) is 3.83. The van der Waals surface area contributed by atoms with Crippen LogP contribution in [0.2, 0.25) is 0 Å². The van der Waals surface area contributed by atoms with E-state index in [2.05, 4.69) is 44.6 Å². The molecular weight excluding hydrogens is 278 g/mol. The number of aromatic nitrogens is 3. The molecule has 2 aromatic heterocycles. The van der Waals surface area contributed by atoms with Crippen LogP contribution in [0.15, 0.2) is 48.9 Å². The third kappa shape index (κ3) is 2.48. The number of anilines is 3. The SMILES string of the molecule is c1cc(Nc2ccc(N3CCOCC3)cc2)c2ncnn2c1. The van der Waals surface area contributed by atoms with Crippen LogP contribution in [0.4, 0.5) is 17.1 Å². The summed E-state index contributed by atoms with van der Waals surface area (Å²) in [5.74, 6) is 0. The summed E-state index contributed by atoms with van der Waals surface area (Å²) in [6.07, 6.45) is 3.44. The van der Waals surface area contributed by atoms with Crippen molar-refractivity contribution in [3.8, 4) is 0 Å². The van der Waals surface area contributed by atoms with Gasteiger partial charge in [-0.1, -0.05) is 0 Å². The van der Waals surface area contributed by atoms with Gasteiger partial charge in [0.25, 0.3) is 0 Å². The number of hydrogen-bond donors (Lipinski definition) is 1. The maximum absolute atomic E-state index is 5.39. The van der Waals surface area contributed by atoms with Gasteiger partial charge in [-0.3, -0.25) is 0 Å². The van der Waals surface area contributed by atoms with Crippen molar-refractivity contribution in [1.82, 2.24) is 14.6 Å². The highest BCUT2D eigenvalue weighted by Crippen LogP contribution is 2.23. The Kier molecular flexibility index (Phi) is 3.36. The fraction of sp³-hybridized carbons (Fsp3) is 0.250. The first kappa shape index (κ1) is 13.1. The zero-order valence-corrected chi connectivity index (χ0v) is 12.1. The predicted octanol–water partition coefficient (Wildman–Crippen LogP) is 2.31. The Morgan fingerprint density at radius 1 is 1.05 bits per heavy atom. The average Bonchev–Trinajstić information content (AvgIpc) is 3.06. The van der Waals surface area contributed by atoms with Crippen molar-refractivity contribution in [2.24, 2.45) is 0 Å². The maximum Gasteiger partial charge on any atom is 0.178 e. The smallest absolute Gasteiger partial charge is 0.178 e. The highest BCUT2D eigenvalue weighted by Gasteiger charge is 2.11. The lowest BCUT2D eigenvalue weighted by atomic mass is 10.2. The molecule has 1 aliphatic heterocycles. The van der Waals surface area contributed by atoms with Gasteiger partial charge >= 0.3 is 0 Å². The number of rotatable bonds is 3. The van der Waals surface area contributed by atoms with Gasteiger partial charge < -0.3 is 15.0 Å². The summed E-state index contributed by atoms with van der Waals surface area (Å²) in [7, 11) is 0. The molecule has 1 saturated heterocycles. The van der Waals surface area contributed by atoms with E-state index in [-0.39, 0.29) is 0 Å². The van der Waals surface area contributed by atoms with Gasteiger partial charge in [0.05, 0.1) is 18.9 Å². The van der Waals surface area contributed by atoms with Gasteiger partial charge in [-0.25, -0.2) is 9.50 Å². The zero-order chi connectivity index (χ0) is 14.8. The van der Waals surface area contributed by atoms with Crippen molar-refractivity contribution >= 4 is 22.7 Å². The van der Waals surface area contributed by atoms with Crippen molar-refractivity contribution in [1.29, 1.82) is 0 Å². The number of hydrogen-bond acceptors (Lipinski definition) is 5. The van der Waals surface area contributed by atoms with Gasteiger partial charge in [-0.2, -0.15) is 5.10 Å². The second-order valence-corrected chi connectivity index (χ2v) is 5.22. The fourth-order valence-corrected chi connectivity index (χ4v) is 2.68. The largest absolute Gasteiger partial charge is 0.378 e. The minimum atomic E-state index is 0.800. The Hall–Kier alpha value is -2.60. The predicted molar refractivity (Wildman–Crippen MR) is 85.7 cm³/mol. The molecule has 1 fully saturated rings. The molecule has 22 heavy (non-hydrogen) atoms. The van der Waals surface area contributed by atoms with E-state index < -0.39 is 0 Å². The molecule has 1 aromatic carbocycles. The molecule has 4 rings (SSSR count). The highest BCUT2D eigenvalue weighted by molar-refractivity contribution is 5.73. The first-order valence-corrected chi connectivity index (χ1v) is 7.38. The molecule has 6 nitrogen and oxygen atoms in total. The molecular formula is C16H17N5O. The van der Waals surface area contributed by atoms with Crippen molar-refractivity contribution in [3.05, 3.63) is 48.9 Å². The zero-order valence-electron chi connectivity index (χ0n) is 12.1. The minimum absolute atomic E-state index is 0.800. The number of benzene rings is 1. The number of fused-ring (bicyclic) bond motifs is 1. The molecule has 0 atom stereocenters. The number of pyridine rings is 1. The van der Waals surface area contributed by atoms with E-state index in [9.17, 15) is 0 Å². The minimum Gasteiger partial charge on any atom is -0.378 e. The van der Waals surface area contributed by atoms with Gasteiger partial charge in [0, 0.05) is 30.7 Å². The Labute approximate surface area is 128 Å². The van der Waals surface area contributed by atoms with E-state index in [0.717, 1.165) is 43.3 Å². The van der Waals surface area contributed by atoms with E-state index in [1.165, 1.54) is 5.69 Å². The molecule has 3 aromatic rings. The molecule has 0 aliphatic carbocycles. The molecule has 0 amide bonds. The van der Waals surface area contributed by atoms with Crippen LogP contribution in [-0.4, -0.2) is 40.9 Å². The second-order valence-electron chi connectivity index (χ2n) is 5.22. The summed E-state index contributed by atoms with van der Waals surface area (Å²) >= 11 is 0. The summed E-state index contributed by atoms with van der Waals surface area (Å²) < 4.78 is 7.14. The average molecular weight is 295 g/mol. The number of morpholine rings is 1.